The summed E-state index contributed by atoms with van der Waals surface area (Å²) < 4.78 is 12.1. The van der Waals surface area contributed by atoms with Gasteiger partial charge in [0.05, 0.1) is 0 Å². The Morgan fingerprint density at radius 3 is 2.71 bits per heavy atom. The molecule has 0 bridgehead atoms. The molecule has 1 N–H and O–H groups in total. The number of carbonyl (C=O) groups is 1. The van der Waals surface area contributed by atoms with Gasteiger partial charge in [0.25, 0.3) is 5.91 Å². The molecular weight excluding hydrogens is 332 g/mol. The Bertz CT molecular complexity index is 835. The molecule has 1 amide bonds. The fraction of sp³-hybridized carbons (Fsp3) is 0.188. The largest absolute Gasteiger partial charge is 0.471 e. The molecule has 2 heterocycles. The fourth-order valence-electron chi connectivity index (χ4n) is 2.13. The van der Waals surface area contributed by atoms with Crippen LogP contribution < -0.4 is 10.1 Å². The molecule has 1 aromatic carbocycles. The van der Waals surface area contributed by atoms with E-state index in [0.717, 1.165) is 0 Å². The Kier molecular flexibility index (Phi) is 4.52. The van der Waals surface area contributed by atoms with Crippen LogP contribution in [0.3, 0.4) is 0 Å². The predicted molar refractivity (Wildman–Crippen MR) is 88.2 cm³/mol. The maximum absolute atomic E-state index is 12.4. The van der Waals surface area contributed by atoms with Crippen LogP contribution in [0.5, 0.6) is 5.75 Å². The Morgan fingerprint density at radius 2 is 2.04 bits per heavy atom. The van der Waals surface area contributed by atoms with Crippen molar-refractivity contribution in [2.45, 2.75) is 20.6 Å². The molecule has 8 heteroatoms. The lowest BCUT2D eigenvalue weighted by Gasteiger charge is -2.10. The van der Waals surface area contributed by atoms with Gasteiger partial charge in [-0.1, -0.05) is 16.8 Å². The highest BCUT2D eigenvalue weighted by Gasteiger charge is 2.17. The molecule has 3 aromatic rings. The number of benzene rings is 1. The summed E-state index contributed by atoms with van der Waals surface area (Å²) >= 11 is 5.83. The van der Waals surface area contributed by atoms with Crippen LogP contribution >= 0.6 is 11.6 Å². The van der Waals surface area contributed by atoms with Crippen LogP contribution in [0.25, 0.3) is 0 Å². The molecule has 0 atom stereocenters. The van der Waals surface area contributed by atoms with Gasteiger partial charge in [-0.2, -0.15) is 5.10 Å². The summed E-state index contributed by atoms with van der Waals surface area (Å²) in [5.41, 5.74) is 1.54. The van der Waals surface area contributed by atoms with E-state index in [2.05, 4.69) is 15.6 Å². The Morgan fingerprint density at radius 1 is 1.29 bits per heavy atom. The molecular formula is C16H15ClN4O3. The van der Waals surface area contributed by atoms with Gasteiger partial charge >= 0.3 is 0 Å². The van der Waals surface area contributed by atoms with Crippen LogP contribution in [0, 0.1) is 13.8 Å². The number of rotatable bonds is 5. The molecule has 2 aromatic heterocycles. The average molecular weight is 347 g/mol. The van der Waals surface area contributed by atoms with Crippen molar-refractivity contribution < 1.29 is 14.1 Å². The molecule has 24 heavy (non-hydrogen) atoms. The number of nitrogens with zero attached hydrogens (tertiary/aromatic N) is 3. The van der Waals surface area contributed by atoms with E-state index in [1.54, 1.807) is 44.2 Å². The van der Waals surface area contributed by atoms with Crippen molar-refractivity contribution in [1.29, 1.82) is 0 Å². The van der Waals surface area contributed by atoms with E-state index in [-0.39, 0.29) is 12.6 Å². The molecule has 0 saturated carbocycles. The van der Waals surface area contributed by atoms with E-state index in [1.807, 2.05) is 0 Å². The zero-order valence-corrected chi connectivity index (χ0v) is 13.9. The first kappa shape index (κ1) is 16.1. The lowest BCUT2D eigenvalue weighted by molar-refractivity contribution is 0.100. The van der Waals surface area contributed by atoms with Crippen LogP contribution in [0.4, 0.5) is 5.69 Å². The molecule has 0 aliphatic rings. The van der Waals surface area contributed by atoms with Crippen molar-refractivity contribution in [2.24, 2.45) is 0 Å². The number of hydrogen-bond acceptors (Lipinski definition) is 5. The van der Waals surface area contributed by atoms with Gasteiger partial charge in [-0.15, -0.1) is 0 Å². The topological polar surface area (TPSA) is 82.2 Å². The summed E-state index contributed by atoms with van der Waals surface area (Å²) in [4.78, 5) is 12.4. The first-order valence-electron chi connectivity index (χ1n) is 7.19. The van der Waals surface area contributed by atoms with Crippen LogP contribution in [0.1, 0.15) is 21.9 Å². The molecule has 0 aliphatic carbocycles. The standard InChI is InChI=1S/C16H15ClN4O3/c1-10-15(11(2)24-20-10)19-16(22)14-7-8-18-21(14)9-23-13-5-3-12(17)4-6-13/h3-8H,9H2,1-2H3,(H,19,22). The zero-order chi connectivity index (χ0) is 17.1. The number of nitrogens with one attached hydrogen (secondary N) is 1. The molecule has 0 spiro atoms. The predicted octanol–water partition coefficient (Wildman–Crippen LogP) is 3.43. The number of halogens is 1. The molecule has 0 saturated heterocycles. The highest BCUT2D eigenvalue weighted by atomic mass is 35.5. The maximum atomic E-state index is 12.4. The number of anilines is 1. The van der Waals surface area contributed by atoms with E-state index in [1.165, 1.54) is 10.9 Å². The van der Waals surface area contributed by atoms with Crippen LogP contribution in [-0.2, 0) is 6.73 Å². The summed E-state index contributed by atoms with van der Waals surface area (Å²) in [7, 11) is 0. The van der Waals surface area contributed by atoms with Crippen molar-refractivity contribution in [1.82, 2.24) is 14.9 Å². The van der Waals surface area contributed by atoms with E-state index in [4.69, 9.17) is 20.9 Å². The van der Waals surface area contributed by atoms with Crippen molar-refractivity contribution >= 4 is 23.2 Å². The minimum atomic E-state index is -0.318. The van der Waals surface area contributed by atoms with Gasteiger partial charge in [0.15, 0.2) is 12.5 Å². The van der Waals surface area contributed by atoms with E-state index in [0.29, 0.717) is 33.6 Å². The monoisotopic (exact) mass is 346 g/mol. The Balaban J connectivity index is 1.70. The van der Waals surface area contributed by atoms with Gasteiger partial charge in [0.1, 0.15) is 22.8 Å². The molecule has 0 radical (unpaired) electrons. The summed E-state index contributed by atoms with van der Waals surface area (Å²) in [6, 6.07) is 8.56. The minimum absolute atomic E-state index is 0.0962. The van der Waals surface area contributed by atoms with Gasteiger partial charge in [-0.3, -0.25) is 4.79 Å². The smallest absolute Gasteiger partial charge is 0.274 e. The minimum Gasteiger partial charge on any atom is -0.471 e. The average Bonchev–Trinajstić information content (AvgIpc) is 3.16. The van der Waals surface area contributed by atoms with Gasteiger partial charge < -0.3 is 14.6 Å². The Hall–Kier alpha value is -2.80. The number of carbonyl (C=O) groups excluding carboxylic acids is 1. The molecule has 7 nitrogen and oxygen atoms in total. The normalized spacial score (nSPS) is 10.6. The first-order chi connectivity index (χ1) is 11.5. The quantitative estimate of drug-likeness (QED) is 0.765. The molecule has 3 rings (SSSR count). The van der Waals surface area contributed by atoms with Gasteiger partial charge in [0.2, 0.25) is 0 Å². The highest BCUT2D eigenvalue weighted by molar-refractivity contribution is 6.30. The third kappa shape index (κ3) is 3.41. The van der Waals surface area contributed by atoms with Crippen molar-refractivity contribution in [2.75, 3.05) is 5.32 Å². The van der Waals surface area contributed by atoms with Gasteiger partial charge in [-0.05, 0) is 44.2 Å². The van der Waals surface area contributed by atoms with Gasteiger partial charge in [0, 0.05) is 11.2 Å². The maximum Gasteiger partial charge on any atom is 0.274 e. The molecule has 124 valence electrons. The SMILES string of the molecule is Cc1noc(C)c1NC(=O)c1ccnn1COc1ccc(Cl)cc1. The second-order valence-corrected chi connectivity index (χ2v) is 5.53. The highest BCUT2D eigenvalue weighted by Crippen LogP contribution is 2.20. The van der Waals surface area contributed by atoms with Crippen molar-refractivity contribution in [3.8, 4) is 5.75 Å². The van der Waals surface area contributed by atoms with Crippen molar-refractivity contribution in [3.05, 3.63) is 58.7 Å². The van der Waals surface area contributed by atoms with Crippen LogP contribution in [0.2, 0.25) is 5.02 Å². The van der Waals surface area contributed by atoms with Crippen LogP contribution in [0.15, 0.2) is 41.1 Å². The molecule has 0 unspecified atom stereocenters. The van der Waals surface area contributed by atoms with Gasteiger partial charge in [-0.25, -0.2) is 4.68 Å². The second-order valence-electron chi connectivity index (χ2n) is 5.10. The number of ether oxygens (including phenoxy) is 1. The lowest BCUT2D eigenvalue weighted by Crippen LogP contribution is -2.20. The number of aromatic nitrogens is 3. The zero-order valence-electron chi connectivity index (χ0n) is 13.1. The van der Waals surface area contributed by atoms with E-state index >= 15 is 0 Å². The summed E-state index contributed by atoms with van der Waals surface area (Å²) in [5, 5.41) is 11.3. The number of amides is 1. The fourth-order valence-corrected chi connectivity index (χ4v) is 2.26. The van der Waals surface area contributed by atoms with E-state index in [9.17, 15) is 4.79 Å². The molecule has 0 fully saturated rings. The Labute approximate surface area is 143 Å². The summed E-state index contributed by atoms with van der Waals surface area (Å²) in [6.45, 7) is 3.59. The summed E-state index contributed by atoms with van der Waals surface area (Å²) in [5.74, 6) is 0.859. The summed E-state index contributed by atoms with van der Waals surface area (Å²) in [6.07, 6.45) is 1.54. The van der Waals surface area contributed by atoms with Crippen LogP contribution in [-0.4, -0.2) is 20.8 Å². The lowest BCUT2D eigenvalue weighted by atomic mass is 10.3. The third-order valence-electron chi connectivity index (χ3n) is 3.39. The first-order valence-corrected chi connectivity index (χ1v) is 7.57. The number of aryl methyl sites for hydroxylation is 2. The second kappa shape index (κ2) is 6.76. The van der Waals surface area contributed by atoms with E-state index < -0.39 is 0 Å². The van der Waals surface area contributed by atoms with Crippen molar-refractivity contribution in [3.63, 3.8) is 0 Å². The molecule has 0 aliphatic heterocycles. The number of hydrogen-bond donors (Lipinski definition) is 1. The third-order valence-corrected chi connectivity index (χ3v) is 3.64.